The molecule has 0 aliphatic rings. The van der Waals surface area contributed by atoms with Gasteiger partial charge < -0.3 is 14.7 Å². The molecular formula is C17H31N5OSi. The van der Waals surface area contributed by atoms with E-state index in [1.54, 1.807) is 6.33 Å². The normalized spacial score (nSPS) is 15.6. The van der Waals surface area contributed by atoms with Gasteiger partial charge in [0.05, 0.1) is 18.5 Å². The van der Waals surface area contributed by atoms with Crippen LogP contribution < -0.4 is 5.73 Å². The SMILES string of the molecule is CCC[C@H](O[Si](C)(C)C(C)(C)C)[C@@H](C)n1cnc2c(N)ncnc21. The predicted octanol–water partition coefficient (Wildman–Crippen LogP) is 4.16. The van der Waals surface area contributed by atoms with Crippen molar-refractivity contribution in [1.29, 1.82) is 0 Å². The molecule has 7 heteroatoms. The van der Waals surface area contributed by atoms with E-state index in [9.17, 15) is 0 Å². The van der Waals surface area contributed by atoms with Crippen LogP contribution in [0.3, 0.4) is 0 Å². The van der Waals surface area contributed by atoms with Crippen molar-refractivity contribution in [2.45, 2.75) is 77.7 Å². The Kier molecular flexibility index (Phi) is 5.34. The summed E-state index contributed by atoms with van der Waals surface area (Å²) in [4.78, 5) is 12.8. The molecule has 0 aromatic carbocycles. The molecule has 2 atom stereocenters. The smallest absolute Gasteiger partial charge is 0.192 e. The van der Waals surface area contributed by atoms with Crippen molar-refractivity contribution in [2.75, 3.05) is 5.73 Å². The van der Waals surface area contributed by atoms with E-state index in [1.165, 1.54) is 6.33 Å². The van der Waals surface area contributed by atoms with Gasteiger partial charge in [0.1, 0.15) is 11.8 Å². The van der Waals surface area contributed by atoms with Crippen LogP contribution in [-0.2, 0) is 4.43 Å². The number of anilines is 1. The maximum absolute atomic E-state index is 6.72. The maximum atomic E-state index is 6.72. The summed E-state index contributed by atoms with van der Waals surface area (Å²) in [6.07, 6.45) is 5.51. The van der Waals surface area contributed by atoms with Crippen LogP contribution in [0.2, 0.25) is 18.1 Å². The number of rotatable bonds is 6. The molecule has 0 radical (unpaired) electrons. The predicted molar refractivity (Wildman–Crippen MR) is 101 cm³/mol. The minimum Gasteiger partial charge on any atom is -0.412 e. The van der Waals surface area contributed by atoms with Crippen molar-refractivity contribution >= 4 is 25.3 Å². The Labute approximate surface area is 146 Å². The molecule has 0 saturated heterocycles. The zero-order valence-corrected chi connectivity index (χ0v) is 17.0. The molecular weight excluding hydrogens is 318 g/mol. The molecule has 0 spiro atoms. The summed E-state index contributed by atoms with van der Waals surface area (Å²) in [5.74, 6) is 0.420. The molecule has 0 amide bonds. The molecule has 6 nitrogen and oxygen atoms in total. The number of nitrogens with zero attached hydrogens (tertiary/aromatic N) is 4. The van der Waals surface area contributed by atoms with E-state index in [1.807, 2.05) is 0 Å². The van der Waals surface area contributed by atoms with Crippen LogP contribution >= 0.6 is 0 Å². The van der Waals surface area contributed by atoms with Crippen LogP contribution in [-0.4, -0.2) is 33.9 Å². The standard InChI is InChI=1S/C17H31N5OSi/c1-8-9-13(23-24(6,7)17(3,4)5)12(2)22-11-21-14-15(18)19-10-20-16(14)22/h10-13H,8-9H2,1-7H3,(H2,18,19,20)/t12-,13+/m1/s1. The number of hydrogen-bond donors (Lipinski definition) is 1. The topological polar surface area (TPSA) is 78.9 Å². The van der Waals surface area contributed by atoms with Gasteiger partial charge in [0, 0.05) is 0 Å². The molecule has 2 rings (SSSR count). The highest BCUT2D eigenvalue weighted by Crippen LogP contribution is 2.39. The van der Waals surface area contributed by atoms with Crippen molar-refractivity contribution < 1.29 is 4.43 Å². The Bertz CT molecular complexity index is 692. The number of fused-ring (bicyclic) bond motifs is 1. The van der Waals surface area contributed by atoms with E-state index in [-0.39, 0.29) is 17.2 Å². The van der Waals surface area contributed by atoms with Crippen LogP contribution in [0.1, 0.15) is 53.5 Å². The first-order valence-corrected chi connectivity index (χ1v) is 11.6. The van der Waals surface area contributed by atoms with E-state index >= 15 is 0 Å². The summed E-state index contributed by atoms with van der Waals surface area (Å²) in [6, 6.07) is 0.137. The molecule has 0 bridgehead atoms. The van der Waals surface area contributed by atoms with E-state index in [4.69, 9.17) is 10.2 Å². The summed E-state index contributed by atoms with van der Waals surface area (Å²) in [7, 11) is -1.85. The van der Waals surface area contributed by atoms with Gasteiger partial charge in [0.25, 0.3) is 0 Å². The molecule has 2 aromatic heterocycles. The van der Waals surface area contributed by atoms with E-state index in [0.717, 1.165) is 18.5 Å². The summed E-state index contributed by atoms with van der Waals surface area (Å²) < 4.78 is 8.79. The number of hydrogen-bond acceptors (Lipinski definition) is 5. The molecule has 0 aliphatic heterocycles. The fourth-order valence-electron chi connectivity index (χ4n) is 2.59. The van der Waals surface area contributed by atoms with Gasteiger partial charge in [-0.2, -0.15) is 0 Å². The van der Waals surface area contributed by atoms with Gasteiger partial charge >= 0.3 is 0 Å². The lowest BCUT2D eigenvalue weighted by Gasteiger charge is -2.41. The van der Waals surface area contributed by atoms with Gasteiger partial charge in [-0.1, -0.05) is 34.1 Å². The van der Waals surface area contributed by atoms with Gasteiger partial charge in [-0.15, -0.1) is 0 Å². The van der Waals surface area contributed by atoms with Gasteiger partial charge in [0.2, 0.25) is 0 Å². The van der Waals surface area contributed by atoms with Crippen molar-refractivity contribution in [2.24, 2.45) is 0 Å². The van der Waals surface area contributed by atoms with Crippen molar-refractivity contribution in [1.82, 2.24) is 19.5 Å². The van der Waals surface area contributed by atoms with E-state index < -0.39 is 8.32 Å². The lowest BCUT2D eigenvalue weighted by atomic mass is 10.1. The van der Waals surface area contributed by atoms with Crippen molar-refractivity contribution in [3.05, 3.63) is 12.7 Å². The first-order valence-electron chi connectivity index (χ1n) is 8.69. The molecule has 0 unspecified atom stereocenters. The Balaban J connectivity index is 2.35. The van der Waals surface area contributed by atoms with Crippen LogP contribution in [0.25, 0.3) is 11.2 Å². The molecule has 24 heavy (non-hydrogen) atoms. The lowest BCUT2D eigenvalue weighted by molar-refractivity contribution is 0.121. The summed E-state index contributed by atoms with van der Waals surface area (Å²) in [6.45, 7) is 15.8. The molecule has 0 fully saturated rings. The first-order chi connectivity index (χ1) is 11.1. The second-order valence-corrected chi connectivity index (χ2v) is 12.8. The summed E-state index contributed by atoms with van der Waals surface area (Å²) in [5, 5.41) is 0.183. The number of nitrogens with two attached hydrogens (primary N) is 1. The molecule has 134 valence electrons. The third kappa shape index (κ3) is 3.62. The fraction of sp³-hybridized carbons (Fsp3) is 0.706. The summed E-state index contributed by atoms with van der Waals surface area (Å²) >= 11 is 0. The summed E-state index contributed by atoms with van der Waals surface area (Å²) in [5.41, 5.74) is 7.34. The second kappa shape index (κ2) is 6.80. The Morgan fingerprint density at radius 2 is 1.92 bits per heavy atom. The molecule has 2 N–H and O–H groups in total. The van der Waals surface area contributed by atoms with E-state index in [2.05, 4.69) is 67.2 Å². The van der Waals surface area contributed by atoms with Gasteiger partial charge in [-0.05, 0) is 31.5 Å². The van der Waals surface area contributed by atoms with E-state index in [0.29, 0.717) is 11.3 Å². The highest BCUT2D eigenvalue weighted by molar-refractivity contribution is 6.74. The monoisotopic (exact) mass is 349 g/mol. The van der Waals surface area contributed by atoms with Gasteiger partial charge in [-0.25, -0.2) is 15.0 Å². The van der Waals surface area contributed by atoms with Crippen molar-refractivity contribution in [3.8, 4) is 0 Å². The third-order valence-electron chi connectivity index (χ3n) is 5.19. The van der Waals surface area contributed by atoms with Crippen LogP contribution in [0.15, 0.2) is 12.7 Å². The van der Waals surface area contributed by atoms with Crippen LogP contribution in [0.5, 0.6) is 0 Å². The van der Waals surface area contributed by atoms with Gasteiger partial charge in [0.15, 0.2) is 19.8 Å². The Hall–Kier alpha value is -1.47. The zero-order valence-electron chi connectivity index (χ0n) is 16.0. The number of aromatic nitrogens is 4. The third-order valence-corrected chi connectivity index (χ3v) is 9.69. The largest absolute Gasteiger partial charge is 0.412 e. The van der Waals surface area contributed by atoms with Gasteiger partial charge in [-0.3, -0.25) is 0 Å². The highest BCUT2D eigenvalue weighted by Gasteiger charge is 2.40. The maximum Gasteiger partial charge on any atom is 0.192 e. The fourth-order valence-corrected chi connectivity index (χ4v) is 4.01. The average molecular weight is 350 g/mol. The highest BCUT2D eigenvalue weighted by atomic mass is 28.4. The van der Waals surface area contributed by atoms with Crippen LogP contribution in [0, 0.1) is 0 Å². The first kappa shape index (κ1) is 18.9. The molecule has 2 aromatic rings. The average Bonchev–Trinajstić information content (AvgIpc) is 2.90. The second-order valence-electron chi connectivity index (χ2n) is 8.03. The Morgan fingerprint density at radius 1 is 1.25 bits per heavy atom. The lowest BCUT2D eigenvalue weighted by Crippen LogP contribution is -2.45. The number of nitrogen functional groups attached to an aromatic ring is 1. The molecule has 0 aliphatic carbocycles. The number of imidazole rings is 1. The molecule has 2 heterocycles. The Morgan fingerprint density at radius 3 is 2.50 bits per heavy atom. The quantitative estimate of drug-likeness (QED) is 0.792. The minimum atomic E-state index is -1.85. The zero-order chi connectivity index (χ0) is 18.1. The minimum absolute atomic E-state index is 0.129. The van der Waals surface area contributed by atoms with Crippen molar-refractivity contribution in [3.63, 3.8) is 0 Å². The molecule has 0 saturated carbocycles. The van der Waals surface area contributed by atoms with Crippen LogP contribution in [0.4, 0.5) is 5.82 Å².